The average Bonchev–Trinajstić information content (AvgIpc) is 2.91. The van der Waals surface area contributed by atoms with Gasteiger partial charge in [-0.2, -0.15) is 0 Å². The number of nitrogens with one attached hydrogen (secondary N) is 2. The van der Waals surface area contributed by atoms with E-state index in [4.69, 9.17) is 11.6 Å². The van der Waals surface area contributed by atoms with Gasteiger partial charge in [-0.05, 0) is 56.5 Å². The average molecular weight is 317 g/mol. The van der Waals surface area contributed by atoms with E-state index < -0.39 is 0 Å². The van der Waals surface area contributed by atoms with Crippen molar-refractivity contribution in [3.05, 3.63) is 34.9 Å². The minimum absolute atomic E-state index is 0. The van der Waals surface area contributed by atoms with Crippen molar-refractivity contribution in [2.24, 2.45) is 5.92 Å². The van der Waals surface area contributed by atoms with Crippen molar-refractivity contribution in [1.82, 2.24) is 10.6 Å². The number of halogens is 2. The Morgan fingerprint density at radius 2 is 2.35 bits per heavy atom. The van der Waals surface area contributed by atoms with E-state index in [0.29, 0.717) is 10.9 Å². The lowest BCUT2D eigenvalue weighted by molar-refractivity contribution is -0.122. The van der Waals surface area contributed by atoms with Gasteiger partial charge in [0, 0.05) is 11.6 Å². The molecule has 0 aromatic heterocycles. The van der Waals surface area contributed by atoms with E-state index >= 15 is 0 Å². The Hall–Kier alpha value is -0.770. The van der Waals surface area contributed by atoms with Crippen LogP contribution < -0.4 is 10.6 Å². The van der Waals surface area contributed by atoms with Crippen molar-refractivity contribution in [2.75, 3.05) is 19.6 Å². The number of hydrogen-bond donors (Lipinski definition) is 2. The summed E-state index contributed by atoms with van der Waals surface area (Å²) in [5.41, 5.74) is 0.965. The summed E-state index contributed by atoms with van der Waals surface area (Å²) in [6, 6.07) is 7.50. The molecule has 1 aromatic rings. The molecule has 1 aliphatic rings. The number of benzene rings is 1. The lowest BCUT2D eigenvalue weighted by Gasteiger charge is -2.14. The Balaban J connectivity index is 0.00000200. The number of carbonyl (C=O) groups excluding carboxylic acids is 1. The molecular formula is C15H22Cl2N2O. The standard InChI is InChI=1S/C15H21ClN2O.ClH/c1-11(13-3-2-4-14(16)9-13)15(19)18-8-6-12-5-7-17-10-12;/h2-4,9,11-12,17H,5-8,10H2,1H3,(H,18,19);1H. The summed E-state index contributed by atoms with van der Waals surface area (Å²) < 4.78 is 0. The van der Waals surface area contributed by atoms with Gasteiger partial charge in [-0.1, -0.05) is 23.7 Å². The third-order valence-corrected chi connectivity index (χ3v) is 3.99. The first kappa shape index (κ1) is 17.3. The van der Waals surface area contributed by atoms with Crippen molar-refractivity contribution < 1.29 is 4.79 Å². The molecule has 1 fully saturated rings. The van der Waals surface area contributed by atoms with Crippen LogP contribution in [0.2, 0.25) is 5.02 Å². The van der Waals surface area contributed by atoms with Gasteiger partial charge in [0.05, 0.1) is 5.92 Å². The summed E-state index contributed by atoms with van der Waals surface area (Å²) in [4.78, 5) is 12.1. The summed E-state index contributed by atoms with van der Waals surface area (Å²) in [5.74, 6) is 0.635. The largest absolute Gasteiger partial charge is 0.356 e. The first-order chi connectivity index (χ1) is 9.16. The van der Waals surface area contributed by atoms with Crippen LogP contribution in [0.1, 0.15) is 31.2 Å². The lowest BCUT2D eigenvalue weighted by Crippen LogP contribution is -2.30. The second-order valence-corrected chi connectivity index (χ2v) is 5.65. The second kappa shape index (κ2) is 8.50. The van der Waals surface area contributed by atoms with Gasteiger partial charge in [0.25, 0.3) is 0 Å². The molecule has 3 nitrogen and oxygen atoms in total. The molecule has 0 bridgehead atoms. The minimum atomic E-state index is -0.152. The first-order valence-corrected chi connectivity index (χ1v) is 7.28. The van der Waals surface area contributed by atoms with Crippen LogP contribution in [0, 0.1) is 5.92 Å². The topological polar surface area (TPSA) is 41.1 Å². The van der Waals surface area contributed by atoms with Gasteiger partial charge in [0.1, 0.15) is 0 Å². The molecule has 1 heterocycles. The number of rotatable bonds is 5. The quantitative estimate of drug-likeness (QED) is 0.876. The Bertz CT molecular complexity index is 434. The summed E-state index contributed by atoms with van der Waals surface area (Å²) >= 11 is 5.95. The maximum atomic E-state index is 12.1. The molecule has 0 aliphatic carbocycles. The van der Waals surface area contributed by atoms with E-state index in [1.165, 1.54) is 6.42 Å². The zero-order valence-electron chi connectivity index (χ0n) is 11.7. The molecule has 20 heavy (non-hydrogen) atoms. The molecule has 1 saturated heterocycles. The van der Waals surface area contributed by atoms with E-state index in [-0.39, 0.29) is 24.2 Å². The fraction of sp³-hybridized carbons (Fsp3) is 0.533. The monoisotopic (exact) mass is 316 g/mol. The van der Waals surface area contributed by atoms with Gasteiger partial charge in [0.15, 0.2) is 0 Å². The van der Waals surface area contributed by atoms with Gasteiger partial charge in [-0.15, -0.1) is 12.4 Å². The Morgan fingerprint density at radius 3 is 3.00 bits per heavy atom. The Kier molecular flexibility index (Phi) is 7.35. The Morgan fingerprint density at radius 1 is 1.55 bits per heavy atom. The molecule has 2 atom stereocenters. The first-order valence-electron chi connectivity index (χ1n) is 6.90. The third kappa shape index (κ3) is 4.97. The van der Waals surface area contributed by atoms with E-state index in [2.05, 4.69) is 10.6 Å². The van der Waals surface area contributed by atoms with Crippen LogP contribution in [0.3, 0.4) is 0 Å². The van der Waals surface area contributed by atoms with Crippen LogP contribution in [0.25, 0.3) is 0 Å². The fourth-order valence-corrected chi connectivity index (χ4v) is 2.64. The lowest BCUT2D eigenvalue weighted by atomic mass is 10.00. The maximum absolute atomic E-state index is 12.1. The number of carbonyl (C=O) groups is 1. The molecule has 2 unspecified atom stereocenters. The zero-order valence-corrected chi connectivity index (χ0v) is 13.3. The van der Waals surface area contributed by atoms with Gasteiger partial charge in [-0.25, -0.2) is 0 Å². The number of amides is 1. The molecule has 112 valence electrons. The van der Waals surface area contributed by atoms with Crippen molar-refractivity contribution in [2.45, 2.75) is 25.7 Å². The van der Waals surface area contributed by atoms with Crippen molar-refractivity contribution in [3.8, 4) is 0 Å². The molecular weight excluding hydrogens is 295 g/mol. The summed E-state index contributed by atoms with van der Waals surface area (Å²) in [6.07, 6.45) is 2.28. The van der Waals surface area contributed by atoms with E-state index in [0.717, 1.165) is 31.6 Å². The SMILES string of the molecule is CC(C(=O)NCCC1CCNC1)c1cccc(Cl)c1.Cl. The summed E-state index contributed by atoms with van der Waals surface area (Å²) in [7, 11) is 0. The smallest absolute Gasteiger partial charge is 0.227 e. The van der Waals surface area contributed by atoms with Crippen LogP contribution in [-0.4, -0.2) is 25.5 Å². The third-order valence-electron chi connectivity index (χ3n) is 3.76. The molecule has 2 rings (SSSR count). The Labute approximate surface area is 131 Å². The zero-order chi connectivity index (χ0) is 13.7. The van der Waals surface area contributed by atoms with Crippen LogP contribution in [0.5, 0.6) is 0 Å². The molecule has 0 spiro atoms. The van der Waals surface area contributed by atoms with E-state index in [1.807, 2.05) is 31.2 Å². The van der Waals surface area contributed by atoms with Crippen LogP contribution in [-0.2, 0) is 4.79 Å². The fourth-order valence-electron chi connectivity index (χ4n) is 2.44. The molecule has 0 radical (unpaired) electrons. The second-order valence-electron chi connectivity index (χ2n) is 5.22. The molecule has 2 N–H and O–H groups in total. The van der Waals surface area contributed by atoms with Crippen molar-refractivity contribution in [1.29, 1.82) is 0 Å². The van der Waals surface area contributed by atoms with Crippen molar-refractivity contribution >= 4 is 29.9 Å². The molecule has 1 amide bonds. The number of hydrogen-bond acceptors (Lipinski definition) is 2. The summed E-state index contributed by atoms with van der Waals surface area (Å²) in [6.45, 7) is 4.87. The van der Waals surface area contributed by atoms with Gasteiger partial charge in [-0.3, -0.25) is 4.79 Å². The van der Waals surface area contributed by atoms with Crippen LogP contribution in [0.4, 0.5) is 0 Å². The highest BCUT2D eigenvalue weighted by molar-refractivity contribution is 6.30. The predicted molar refractivity (Wildman–Crippen MR) is 85.7 cm³/mol. The van der Waals surface area contributed by atoms with E-state index in [1.54, 1.807) is 0 Å². The van der Waals surface area contributed by atoms with Gasteiger partial charge >= 0.3 is 0 Å². The van der Waals surface area contributed by atoms with Gasteiger partial charge < -0.3 is 10.6 Å². The van der Waals surface area contributed by atoms with Crippen molar-refractivity contribution in [3.63, 3.8) is 0 Å². The van der Waals surface area contributed by atoms with Crippen LogP contribution >= 0.6 is 24.0 Å². The van der Waals surface area contributed by atoms with Gasteiger partial charge in [0.2, 0.25) is 5.91 Å². The normalized spacial score (nSPS) is 19.2. The van der Waals surface area contributed by atoms with E-state index in [9.17, 15) is 4.79 Å². The maximum Gasteiger partial charge on any atom is 0.227 e. The molecule has 5 heteroatoms. The van der Waals surface area contributed by atoms with Crippen LogP contribution in [0.15, 0.2) is 24.3 Å². The molecule has 1 aromatic carbocycles. The highest BCUT2D eigenvalue weighted by Gasteiger charge is 2.17. The highest BCUT2D eigenvalue weighted by atomic mass is 35.5. The molecule has 1 aliphatic heterocycles. The minimum Gasteiger partial charge on any atom is -0.356 e. The summed E-state index contributed by atoms with van der Waals surface area (Å²) in [5, 5.41) is 7.03. The predicted octanol–water partition coefficient (Wildman–Crippen LogP) is 2.98. The highest BCUT2D eigenvalue weighted by Crippen LogP contribution is 2.19. The molecule has 0 saturated carbocycles.